The van der Waals surface area contributed by atoms with Gasteiger partial charge < -0.3 is 14.4 Å². The van der Waals surface area contributed by atoms with E-state index in [1.54, 1.807) is 30.7 Å². The second-order valence-electron chi connectivity index (χ2n) is 8.18. The molecule has 0 radical (unpaired) electrons. The zero-order chi connectivity index (χ0) is 23.4. The average Bonchev–Trinajstić information content (AvgIpc) is 2.98. The Kier molecular flexibility index (Phi) is 5.84. The molecule has 3 aromatic rings. The number of nitrogens with zero attached hydrogens (tertiary/aromatic N) is 1. The number of benzene rings is 2. The Morgan fingerprint density at radius 1 is 1.22 bits per heavy atom. The molecule has 32 heavy (non-hydrogen) atoms. The molecule has 1 saturated carbocycles. The molecule has 1 heterocycles. The molecule has 1 fully saturated rings. The molecule has 0 spiro atoms. The SMILES string of the molecule is Cc1cc(C(F)(F)F)cc2c1cc(Cc1c(Cl)ccc(O[C@H]3C[C@@H](C(=O)O)C3)c1Cl)n2C. The second-order valence-corrected chi connectivity index (χ2v) is 8.96. The molecule has 0 atom stereocenters. The fourth-order valence-electron chi connectivity index (χ4n) is 4.05. The number of fused-ring (bicyclic) bond motifs is 1. The van der Waals surface area contributed by atoms with Crippen molar-refractivity contribution in [1.29, 1.82) is 0 Å². The van der Waals surface area contributed by atoms with E-state index >= 15 is 0 Å². The lowest BCUT2D eigenvalue weighted by Gasteiger charge is -2.33. The van der Waals surface area contributed by atoms with Gasteiger partial charge in [0, 0.05) is 35.1 Å². The minimum absolute atomic E-state index is 0.233. The van der Waals surface area contributed by atoms with E-state index in [9.17, 15) is 18.0 Å². The zero-order valence-electron chi connectivity index (χ0n) is 17.3. The van der Waals surface area contributed by atoms with Gasteiger partial charge in [-0.1, -0.05) is 23.2 Å². The van der Waals surface area contributed by atoms with E-state index in [0.29, 0.717) is 51.7 Å². The lowest BCUT2D eigenvalue weighted by molar-refractivity contribution is -0.148. The van der Waals surface area contributed by atoms with Gasteiger partial charge in [-0.3, -0.25) is 4.79 Å². The first-order valence-electron chi connectivity index (χ1n) is 9.98. The van der Waals surface area contributed by atoms with Crippen molar-refractivity contribution in [2.75, 3.05) is 0 Å². The normalized spacial score (nSPS) is 18.6. The summed E-state index contributed by atoms with van der Waals surface area (Å²) in [7, 11) is 1.71. The molecule has 0 saturated heterocycles. The zero-order valence-corrected chi connectivity index (χ0v) is 18.8. The van der Waals surface area contributed by atoms with Crippen molar-refractivity contribution in [3.63, 3.8) is 0 Å². The van der Waals surface area contributed by atoms with Gasteiger partial charge in [-0.15, -0.1) is 0 Å². The van der Waals surface area contributed by atoms with Crippen LogP contribution in [0.5, 0.6) is 5.75 Å². The van der Waals surface area contributed by atoms with Crippen LogP contribution in [0.15, 0.2) is 30.3 Å². The molecular formula is C23H20Cl2F3NO3. The third kappa shape index (κ3) is 4.16. The summed E-state index contributed by atoms with van der Waals surface area (Å²) in [6, 6.07) is 7.42. The van der Waals surface area contributed by atoms with Crippen LogP contribution >= 0.6 is 23.2 Å². The number of aliphatic carboxylic acids is 1. The largest absolute Gasteiger partial charge is 0.489 e. The Morgan fingerprint density at radius 3 is 2.53 bits per heavy atom. The molecule has 0 aliphatic heterocycles. The van der Waals surface area contributed by atoms with Crippen LogP contribution in [0.1, 0.15) is 35.2 Å². The van der Waals surface area contributed by atoms with Gasteiger partial charge >= 0.3 is 12.1 Å². The van der Waals surface area contributed by atoms with Crippen LogP contribution < -0.4 is 4.74 Å². The van der Waals surface area contributed by atoms with Crippen molar-refractivity contribution in [3.8, 4) is 5.75 Å². The van der Waals surface area contributed by atoms with Gasteiger partial charge in [-0.2, -0.15) is 13.2 Å². The molecule has 1 aliphatic carbocycles. The smallest absolute Gasteiger partial charge is 0.416 e. The third-order valence-corrected chi connectivity index (χ3v) is 6.81. The number of hydrogen-bond donors (Lipinski definition) is 1. The Morgan fingerprint density at radius 2 is 1.91 bits per heavy atom. The molecule has 0 unspecified atom stereocenters. The van der Waals surface area contributed by atoms with Crippen molar-refractivity contribution in [1.82, 2.24) is 4.57 Å². The molecule has 1 aliphatic rings. The molecule has 4 rings (SSSR count). The van der Waals surface area contributed by atoms with Gasteiger partial charge in [0.15, 0.2) is 0 Å². The minimum Gasteiger partial charge on any atom is -0.489 e. The summed E-state index contributed by atoms with van der Waals surface area (Å²) in [6.07, 6.45) is -3.54. The van der Waals surface area contributed by atoms with Crippen molar-refractivity contribution in [2.45, 2.75) is 38.5 Å². The Labute approximate surface area is 192 Å². The Bertz CT molecular complexity index is 1210. The molecule has 2 aromatic carbocycles. The number of hydrogen-bond acceptors (Lipinski definition) is 2. The van der Waals surface area contributed by atoms with Gasteiger partial charge in [-0.25, -0.2) is 0 Å². The first kappa shape index (κ1) is 22.8. The predicted molar refractivity (Wildman–Crippen MR) is 117 cm³/mol. The highest BCUT2D eigenvalue weighted by atomic mass is 35.5. The standard InChI is InChI=1S/C23H20Cl2F3NO3/c1-11-5-13(23(26,27)28)8-19-16(11)9-14(29(19)2)10-17-18(24)3-4-20(21(17)25)32-15-6-12(7-15)22(30)31/h3-5,8-9,12,15H,6-7,10H2,1-2H3,(H,30,31)/t12-,15+. The van der Waals surface area contributed by atoms with Gasteiger partial charge in [0.1, 0.15) is 11.9 Å². The maximum atomic E-state index is 13.2. The lowest BCUT2D eigenvalue weighted by atomic mass is 9.82. The van der Waals surface area contributed by atoms with Crippen LogP contribution in [-0.4, -0.2) is 21.7 Å². The number of carboxylic acids is 1. The fraction of sp³-hybridized carbons (Fsp3) is 0.348. The Hall–Kier alpha value is -2.38. The number of aryl methyl sites for hydroxylation is 2. The maximum absolute atomic E-state index is 13.2. The maximum Gasteiger partial charge on any atom is 0.416 e. The van der Waals surface area contributed by atoms with E-state index in [0.717, 1.165) is 23.2 Å². The van der Waals surface area contributed by atoms with Crippen molar-refractivity contribution >= 4 is 40.1 Å². The lowest BCUT2D eigenvalue weighted by Crippen LogP contribution is -2.38. The van der Waals surface area contributed by atoms with E-state index in [-0.39, 0.29) is 6.10 Å². The second kappa shape index (κ2) is 8.19. The summed E-state index contributed by atoms with van der Waals surface area (Å²) in [5, 5.41) is 10.5. The van der Waals surface area contributed by atoms with E-state index in [1.165, 1.54) is 0 Å². The Balaban J connectivity index is 1.65. The molecule has 1 aromatic heterocycles. The number of rotatable bonds is 5. The topological polar surface area (TPSA) is 51.5 Å². The minimum atomic E-state index is -4.43. The number of ether oxygens (including phenoxy) is 1. The molecule has 1 N–H and O–H groups in total. The number of alkyl halides is 3. The monoisotopic (exact) mass is 485 g/mol. The van der Waals surface area contributed by atoms with Crippen LogP contribution in [0.3, 0.4) is 0 Å². The van der Waals surface area contributed by atoms with Gasteiger partial charge in [0.05, 0.1) is 16.5 Å². The van der Waals surface area contributed by atoms with Gasteiger partial charge in [-0.05, 0) is 61.2 Å². The number of carbonyl (C=O) groups is 1. The van der Waals surface area contributed by atoms with Crippen LogP contribution in [0.25, 0.3) is 10.9 Å². The molecular weight excluding hydrogens is 466 g/mol. The van der Waals surface area contributed by atoms with Crippen molar-refractivity contribution in [3.05, 3.63) is 62.8 Å². The van der Waals surface area contributed by atoms with Crippen LogP contribution in [0, 0.1) is 12.8 Å². The molecule has 4 nitrogen and oxygen atoms in total. The average molecular weight is 486 g/mol. The highest BCUT2D eigenvalue weighted by Crippen LogP contribution is 2.40. The first-order valence-corrected chi connectivity index (χ1v) is 10.7. The fourth-order valence-corrected chi connectivity index (χ4v) is 4.60. The summed E-state index contributed by atoms with van der Waals surface area (Å²) in [6.45, 7) is 1.65. The van der Waals surface area contributed by atoms with E-state index in [4.69, 9.17) is 33.0 Å². The van der Waals surface area contributed by atoms with Gasteiger partial charge in [0.25, 0.3) is 0 Å². The summed E-state index contributed by atoms with van der Waals surface area (Å²) in [4.78, 5) is 11.0. The van der Waals surface area contributed by atoms with E-state index < -0.39 is 23.6 Å². The van der Waals surface area contributed by atoms with Crippen molar-refractivity contribution < 1.29 is 27.8 Å². The van der Waals surface area contributed by atoms with Crippen molar-refractivity contribution in [2.24, 2.45) is 13.0 Å². The van der Waals surface area contributed by atoms with Crippen LogP contribution in [-0.2, 0) is 24.4 Å². The summed E-state index contributed by atoms with van der Waals surface area (Å²) >= 11 is 13.0. The summed E-state index contributed by atoms with van der Waals surface area (Å²) < 4.78 is 47.3. The first-order chi connectivity index (χ1) is 15.0. The third-order valence-electron chi connectivity index (χ3n) is 6.04. The molecule has 0 amide bonds. The predicted octanol–water partition coefficient (Wildman–Crippen LogP) is 6.65. The summed E-state index contributed by atoms with van der Waals surface area (Å²) in [5.74, 6) is -0.840. The van der Waals surface area contributed by atoms with E-state index in [1.807, 2.05) is 6.07 Å². The van der Waals surface area contributed by atoms with Crippen LogP contribution in [0.4, 0.5) is 13.2 Å². The van der Waals surface area contributed by atoms with Gasteiger partial charge in [0.2, 0.25) is 0 Å². The quantitative estimate of drug-likeness (QED) is 0.440. The molecule has 9 heteroatoms. The van der Waals surface area contributed by atoms with E-state index in [2.05, 4.69) is 0 Å². The number of halogens is 5. The number of aromatic nitrogens is 1. The van der Waals surface area contributed by atoms with Crippen LogP contribution in [0.2, 0.25) is 10.0 Å². The molecule has 170 valence electrons. The summed E-state index contributed by atoms with van der Waals surface area (Å²) in [5.41, 5.74) is 1.66. The highest BCUT2D eigenvalue weighted by molar-refractivity contribution is 6.37. The molecule has 0 bridgehead atoms. The highest BCUT2D eigenvalue weighted by Gasteiger charge is 2.36. The number of carboxylic acid groups (broad SMARTS) is 1.